The van der Waals surface area contributed by atoms with Crippen molar-refractivity contribution >= 4 is 23.8 Å². The molecule has 0 aliphatic rings. The predicted octanol–water partition coefficient (Wildman–Crippen LogP) is -6.40. The van der Waals surface area contributed by atoms with Gasteiger partial charge in [-0.25, -0.2) is 10.9 Å². The van der Waals surface area contributed by atoms with Crippen molar-refractivity contribution in [3.63, 3.8) is 0 Å². The van der Waals surface area contributed by atoms with Crippen molar-refractivity contribution in [2.24, 2.45) is 0 Å². The van der Waals surface area contributed by atoms with Crippen LogP contribution in [0.3, 0.4) is 0 Å². The van der Waals surface area contributed by atoms with Gasteiger partial charge in [0.2, 0.25) is 0 Å². The third kappa shape index (κ3) is 49.8. The summed E-state index contributed by atoms with van der Waals surface area (Å²) in [6.07, 6.45) is 0.769. The molecule has 0 unspecified atom stereocenters. The number of quaternary nitrogens is 2. The van der Waals surface area contributed by atoms with Crippen molar-refractivity contribution in [3.8, 4) is 0 Å². The minimum absolute atomic E-state index is 0.106. The van der Waals surface area contributed by atoms with Gasteiger partial charge in [-0.15, -0.1) is 0 Å². The van der Waals surface area contributed by atoms with Crippen LogP contribution in [-0.4, -0.2) is 23.8 Å². The molecule has 0 saturated carbocycles. The molecule has 0 spiro atoms. The van der Waals surface area contributed by atoms with Gasteiger partial charge in [0, 0.05) is 13.8 Å². The normalized spacial score (nSPS) is 8.00. The first-order valence-corrected chi connectivity index (χ1v) is 4.34. The highest BCUT2D eigenvalue weighted by Gasteiger charge is 1.77. The van der Waals surface area contributed by atoms with E-state index in [1.165, 1.54) is 13.8 Å². The maximum atomic E-state index is 9.64. The summed E-state index contributed by atoms with van der Waals surface area (Å²) in [5.41, 5.74) is 4.28. The zero-order valence-electron chi connectivity index (χ0n) is 10.0. The SMILES string of the molecule is CC(=O)N[NH3+].CC(=O)N[NH3+].O=C([O-])/C=C/C(=O)[O-]. The predicted molar refractivity (Wildman–Crippen MR) is 52.6 cm³/mol. The third-order valence-electron chi connectivity index (χ3n) is 0.853. The minimum atomic E-state index is -1.55. The van der Waals surface area contributed by atoms with Crippen LogP contribution in [0.15, 0.2) is 12.2 Å². The van der Waals surface area contributed by atoms with Crippen molar-refractivity contribution < 1.29 is 41.1 Å². The first-order chi connectivity index (χ1) is 8.17. The summed E-state index contributed by atoms with van der Waals surface area (Å²) in [5, 5.41) is 18.8. The highest BCUT2D eigenvalue weighted by molar-refractivity contribution is 5.87. The fourth-order valence-corrected chi connectivity index (χ4v) is 0.136. The number of carbonyl (C=O) groups is 4. The van der Waals surface area contributed by atoms with Crippen molar-refractivity contribution in [1.29, 1.82) is 0 Å². The fraction of sp³-hybridized carbons (Fsp3) is 0.250. The van der Waals surface area contributed by atoms with Gasteiger partial charge in [-0.05, 0) is 12.2 Å². The Balaban J connectivity index is -0.000000197. The third-order valence-corrected chi connectivity index (χ3v) is 0.853. The molecular weight excluding hydrogens is 248 g/mol. The van der Waals surface area contributed by atoms with Gasteiger partial charge in [-0.2, -0.15) is 0 Å². The first-order valence-electron chi connectivity index (χ1n) is 4.34. The van der Waals surface area contributed by atoms with E-state index in [1.807, 2.05) is 0 Å². The molecule has 104 valence electrons. The second kappa shape index (κ2) is 14.5. The van der Waals surface area contributed by atoms with E-state index in [1.54, 1.807) is 0 Å². The second-order valence-electron chi connectivity index (χ2n) is 2.44. The summed E-state index contributed by atoms with van der Waals surface area (Å²) in [6, 6.07) is 0. The largest absolute Gasteiger partial charge is 0.545 e. The molecule has 2 amide bonds. The van der Waals surface area contributed by atoms with Gasteiger partial charge in [0.25, 0.3) is 11.8 Å². The molecule has 10 heteroatoms. The molecule has 0 bridgehead atoms. The number of aliphatic carboxylic acids is 2. The van der Waals surface area contributed by atoms with Crippen LogP contribution < -0.4 is 32.7 Å². The Kier molecular flexibility index (Phi) is 16.9. The molecule has 0 rings (SSSR count). The van der Waals surface area contributed by atoms with Crippen LogP contribution in [0, 0.1) is 0 Å². The van der Waals surface area contributed by atoms with Crippen molar-refractivity contribution in [3.05, 3.63) is 12.2 Å². The Morgan fingerprint density at radius 3 is 1.06 bits per heavy atom. The molecule has 0 aliphatic carbocycles. The zero-order chi connectivity index (χ0) is 15.1. The summed E-state index contributed by atoms with van der Waals surface area (Å²) in [4.78, 5) is 38.1. The van der Waals surface area contributed by atoms with Crippen LogP contribution in [0.25, 0.3) is 0 Å². The van der Waals surface area contributed by atoms with E-state index in [2.05, 4.69) is 22.5 Å². The molecule has 0 saturated heterocycles. The molecule has 0 aliphatic heterocycles. The van der Waals surface area contributed by atoms with Crippen LogP contribution >= 0.6 is 0 Å². The molecular formula is C8H16N4O6. The van der Waals surface area contributed by atoms with Crippen LogP contribution in [-0.2, 0) is 19.2 Å². The number of carboxylic acid groups (broad SMARTS) is 2. The average Bonchev–Trinajstić information content (AvgIpc) is 2.27. The molecule has 0 aromatic rings. The van der Waals surface area contributed by atoms with Gasteiger partial charge in [-0.3, -0.25) is 21.3 Å². The molecule has 0 aromatic carbocycles. The van der Waals surface area contributed by atoms with Gasteiger partial charge in [0.15, 0.2) is 0 Å². The summed E-state index contributed by atoms with van der Waals surface area (Å²) in [7, 11) is 0. The van der Waals surface area contributed by atoms with E-state index in [9.17, 15) is 29.4 Å². The van der Waals surface area contributed by atoms with E-state index in [0.29, 0.717) is 12.2 Å². The summed E-state index contributed by atoms with van der Waals surface area (Å²) < 4.78 is 0. The lowest BCUT2D eigenvalue weighted by atomic mass is 10.5. The van der Waals surface area contributed by atoms with E-state index < -0.39 is 11.9 Å². The minimum Gasteiger partial charge on any atom is -0.545 e. The molecule has 0 aromatic heterocycles. The van der Waals surface area contributed by atoms with Crippen LogP contribution in [0.2, 0.25) is 0 Å². The van der Waals surface area contributed by atoms with E-state index in [0.717, 1.165) is 0 Å². The standard InChI is InChI=1S/C4H4O4.2C2H6N2O/c5-3(6)1-2-4(7)8;2*1-2(5)4-3/h1-2H,(H,5,6)(H,7,8);2*3H2,1H3,(H,4,5)/b2-1+;;. The van der Waals surface area contributed by atoms with Gasteiger partial charge >= 0.3 is 0 Å². The lowest BCUT2D eigenvalue weighted by Crippen LogP contribution is -2.66. The quantitative estimate of drug-likeness (QED) is 0.282. The number of amides is 2. The Hall–Kier alpha value is -2.46. The summed E-state index contributed by atoms with van der Waals surface area (Å²) >= 11 is 0. The van der Waals surface area contributed by atoms with Crippen LogP contribution in [0.1, 0.15) is 13.8 Å². The first kappa shape index (κ1) is 20.9. The molecule has 0 heterocycles. The summed E-state index contributed by atoms with van der Waals surface area (Å²) in [5.74, 6) is 2.86. The van der Waals surface area contributed by atoms with E-state index in [-0.39, 0.29) is 11.8 Å². The number of carbonyl (C=O) groups excluding carboxylic acids is 4. The van der Waals surface area contributed by atoms with Gasteiger partial charge in [-0.1, -0.05) is 0 Å². The molecule has 8 N–H and O–H groups in total. The number of rotatable bonds is 2. The topological polar surface area (TPSA) is 194 Å². The number of nitrogens with one attached hydrogen (secondary N) is 2. The van der Waals surface area contributed by atoms with E-state index >= 15 is 0 Å². The number of hydrogen-bond acceptors (Lipinski definition) is 6. The fourth-order valence-electron chi connectivity index (χ4n) is 0.136. The van der Waals surface area contributed by atoms with Gasteiger partial charge < -0.3 is 19.8 Å². The van der Waals surface area contributed by atoms with Gasteiger partial charge in [0.05, 0.1) is 11.9 Å². The lowest BCUT2D eigenvalue weighted by Gasteiger charge is -1.90. The Morgan fingerprint density at radius 1 is 0.833 bits per heavy atom. The molecule has 18 heavy (non-hydrogen) atoms. The monoisotopic (exact) mass is 264 g/mol. The molecule has 0 atom stereocenters. The highest BCUT2D eigenvalue weighted by atomic mass is 16.4. The van der Waals surface area contributed by atoms with Crippen LogP contribution in [0.4, 0.5) is 0 Å². The smallest absolute Gasteiger partial charge is 0.261 e. The Labute approximate surface area is 103 Å². The lowest BCUT2D eigenvalue weighted by molar-refractivity contribution is -0.427. The Bertz CT molecular complexity index is 285. The molecule has 10 nitrogen and oxygen atoms in total. The maximum absolute atomic E-state index is 9.64. The van der Waals surface area contributed by atoms with Gasteiger partial charge in [0.1, 0.15) is 0 Å². The van der Waals surface area contributed by atoms with Crippen LogP contribution in [0.5, 0.6) is 0 Å². The molecule has 0 fully saturated rings. The summed E-state index contributed by atoms with van der Waals surface area (Å²) in [6.45, 7) is 2.82. The maximum Gasteiger partial charge on any atom is 0.261 e. The van der Waals surface area contributed by atoms with Crippen molar-refractivity contribution in [2.45, 2.75) is 13.8 Å². The number of carboxylic acids is 2. The van der Waals surface area contributed by atoms with Crippen molar-refractivity contribution in [1.82, 2.24) is 10.9 Å². The zero-order valence-corrected chi connectivity index (χ0v) is 10.0. The van der Waals surface area contributed by atoms with E-state index in [4.69, 9.17) is 0 Å². The van der Waals surface area contributed by atoms with Crippen molar-refractivity contribution in [2.75, 3.05) is 0 Å². The Morgan fingerprint density at radius 2 is 1.00 bits per heavy atom. The highest BCUT2D eigenvalue weighted by Crippen LogP contribution is 1.64. The average molecular weight is 264 g/mol. The molecule has 0 radical (unpaired) electrons. The number of hydrogen-bond donors (Lipinski definition) is 4. The second-order valence-corrected chi connectivity index (χ2v) is 2.44.